The Morgan fingerprint density at radius 3 is 2.94 bits per heavy atom. The first-order chi connectivity index (χ1) is 8.62. The van der Waals surface area contributed by atoms with Crippen molar-refractivity contribution in [2.75, 3.05) is 0 Å². The third-order valence-corrected chi connectivity index (χ3v) is 6.04. The van der Waals surface area contributed by atoms with Crippen molar-refractivity contribution in [1.82, 2.24) is 4.98 Å². The second-order valence-corrected chi connectivity index (χ2v) is 6.95. The largest absolute Gasteiger partial charge is 0.320 e. The standard InChI is InChI=1S/C14H16N2S2/c1-3-14(2,15)13-16-12-9-6-4-5-7-10(9)17-8-11(12)18-13/h4-7H,3,8,15H2,1-2H3. The number of nitrogens with zero attached hydrogens (tertiary/aromatic N) is 1. The quantitative estimate of drug-likeness (QED) is 0.901. The lowest BCUT2D eigenvalue weighted by atomic mass is 10.0. The van der Waals surface area contributed by atoms with Crippen LogP contribution in [-0.4, -0.2) is 4.98 Å². The summed E-state index contributed by atoms with van der Waals surface area (Å²) in [6, 6.07) is 8.49. The van der Waals surface area contributed by atoms with Gasteiger partial charge in [0.05, 0.1) is 11.2 Å². The maximum atomic E-state index is 6.31. The summed E-state index contributed by atoms with van der Waals surface area (Å²) in [5, 5.41) is 1.06. The van der Waals surface area contributed by atoms with Crippen molar-refractivity contribution < 1.29 is 0 Å². The first-order valence-electron chi connectivity index (χ1n) is 6.13. The van der Waals surface area contributed by atoms with Gasteiger partial charge < -0.3 is 5.73 Å². The molecule has 0 aliphatic carbocycles. The molecule has 0 radical (unpaired) electrons. The van der Waals surface area contributed by atoms with Crippen molar-refractivity contribution >= 4 is 23.1 Å². The Morgan fingerprint density at radius 2 is 2.17 bits per heavy atom. The summed E-state index contributed by atoms with van der Waals surface area (Å²) in [5.41, 5.74) is 8.42. The van der Waals surface area contributed by atoms with Crippen molar-refractivity contribution in [3.8, 4) is 11.3 Å². The summed E-state index contributed by atoms with van der Waals surface area (Å²) in [4.78, 5) is 7.51. The highest BCUT2D eigenvalue weighted by atomic mass is 32.2. The van der Waals surface area contributed by atoms with Gasteiger partial charge >= 0.3 is 0 Å². The van der Waals surface area contributed by atoms with Gasteiger partial charge in [-0.05, 0) is 19.4 Å². The molecule has 94 valence electrons. The van der Waals surface area contributed by atoms with E-state index in [1.807, 2.05) is 11.8 Å². The van der Waals surface area contributed by atoms with Gasteiger partial charge in [-0.25, -0.2) is 4.98 Å². The summed E-state index contributed by atoms with van der Waals surface area (Å²) in [5.74, 6) is 1.02. The molecular weight excluding hydrogens is 260 g/mol. The lowest BCUT2D eigenvalue weighted by Gasteiger charge is -2.18. The smallest absolute Gasteiger partial charge is 0.113 e. The molecule has 0 bridgehead atoms. The highest BCUT2D eigenvalue weighted by Gasteiger charge is 2.28. The zero-order valence-electron chi connectivity index (χ0n) is 10.6. The summed E-state index contributed by atoms with van der Waals surface area (Å²) < 4.78 is 0. The molecule has 1 aliphatic rings. The van der Waals surface area contributed by atoms with Crippen molar-refractivity contribution in [3.05, 3.63) is 34.2 Å². The third kappa shape index (κ3) is 1.88. The van der Waals surface area contributed by atoms with Crippen LogP contribution < -0.4 is 5.73 Å². The second kappa shape index (κ2) is 4.37. The maximum Gasteiger partial charge on any atom is 0.113 e. The van der Waals surface area contributed by atoms with Gasteiger partial charge in [0, 0.05) is 21.1 Å². The van der Waals surface area contributed by atoms with Gasteiger partial charge in [-0.2, -0.15) is 0 Å². The fourth-order valence-corrected chi connectivity index (χ4v) is 4.32. The average molecular weight is 276 g/mol. The molecule has 2 heterocycles. The molecule has 1 aliphatic heterocycles. The molecule has 0 fully saturated rings. The Morgan fingerprint density at radius 1 is 1.39 bits per heavy atom. The molecule has 0 spiro atoms. The summed E-state index contributed by atoms with van der Waals surface area (Å²) >= 11 is 3.67. The predicted octanol–water partition coefficient (Wildman–Crippen LogP) is 4.00. The van der Waals surface area contributed by atoms with Gasteiger partial charge in [-0.1, -0.05) is 25.1 Å². The van der Waals surface area contributed by atoms with Crippen molar-refractivity contribution in [2.24, 2.45) is 5.73 Å². The fourth-order valence-electron chi connectivity index (χ4n) is 1.99. The minimum absolute atomic E-state index is 0.304. The van der Waals surface area contributed by atoms with E-state index in [4.69, 9.17) is 10.7 Å². The molecule has 3 rings (SSSR count). The van der Waals surface area contributed by atoms with E-state index in [0.717, 1.165) is 22.9 Å². The SMILES string of the molecule is CCC(C)(N)c1nc2c(s1)CSc1ccccc1-2. The van der Waals surface area contributed by atoms with Gasteiger partial charge in [-0.3, -0.25) is 0 Å². The van der Waals surface area contributed by atoms with Gasteiger partial charge in [0.1, 0.15) is 5.01 Å². The molecule has 4 heteroatoms. The van der Waals surface area contributed by atoms with Gasteiger partial charge in [0.25, 0.3) is 0 Å². The number of thioether (sulfide) groups is 1. The fraction of sp³-hybridized carbons (Fsp3) is 0.357. The zero-order valence-corrected chi connectivity index (χ0v) is 12.2. The van der Waals surface area contributed by atoms with Gasteiger partial charge in [-0.15, -0.1) is 23.1 Å². The number of aromatic nitrogens is 1. The van der Waals surface area contributed by atoms with Crippen LogP contribution in [0.4, 0.5) is 0 Å². The molecule has 1 atom stereocenters. The number of rotatable bonds is 2. The molecule has 18 heavy (non-hydrogen) atoms. The number of thiazole rings is 1. The van der Waals surface area contributed by atoms with E-state index in [9.17, 15) is 0 Å². The predicted molar refractivity (Wildman–Crippen MR) is 78.9 cm³/mol. The van der Waals surface area contributed by atoms with Crippen LogP contribution in [0.1, 0.15) is 30.2 Å². The second-order valence-electron chi connectivity index (χ2n) is 4.85. The van der Waals surface area contributed by atoms with Gasteiger partial charge in [0.2, 0.25) is 0 Å². The molecule has 1 aromatic heterocycles. The van der Waals surface area contributed by atoms with Crippen molar-refractivity contribution in [1.29, 1.82) is 0 Å². The van der Waals surface area contributed by atoms with E-state index in [-0.39, 0.29) is 5.54 Å². The van der Waals surface area contributed by atoms with E-state index in [0.29, 0.717) is 0 Å². The van der Waals surface area contributed by atoms with E-state index in [2.05, 4.69) is 38.1 Å². The molecule has 1 unspecified atom stereocenters. The van der Waals surface area contributed by atoms with Crippen molar-refractivity contribution in [2.45, 2.75) is 36.5 Å². The van der Waals surface area contributed by atoms with Crippen LogP contribution in [0.25, 0.3) is 11.3 Å². The Hall–Kier alpha value is -0.840. The third-order valence-electron chi connectivity index (χ3n) is 3.42. The van der Waals surface area contributed by atoms with E-state index < -0.39 is 0 Å². The molecule has 2 nitrogen and oxygen atoms in total. The first-order valence-corrected chi connectivity index (χ1v) is 7.93. The molecular formula is C14H16N2S2. The highest BCUT2D eigenvalue weighted by molar-refractivity contribution is 7.98. The first kappa shape index (κ1) is 12.2. The number of nitrogens with two attached hydrogens (primary N) is 1. The van der Waals surface area contributed by atoms with Crippen LogP contribution >= 0.6 is 23.1 Å². The Labute approximate surface area is 116 Å². The zero-order chi connectivity index (χ0) is 12.8. The minimum atomic E-state index is -0.304. The summed E-state index contributed by atoms with van der Waals surface area (Å²) in [6.07, 6.45) is 0.911. The lowest BCUT2D eigenvalue weighted by Crippen LogP contribution is -2.31. The molecule has 1 aromatic carbocycles. The topological polar surface area (TPSA) is 38.9 Å². The number of benzene rings is 1. The van der Waals surface area contributed by atoms with Crippen LogP contribution in [0.15, 0.2) is 29.2 Å². The van der Waals surface area contributed by atoms with E-state index in [1.165, 1.54) is 15.3 Å². The monoisotopic (exact) mass is 276 g/mol. The Balaban J connectivity index is 2.12. The van der Waals surface area contributed by atoms with Crippen LogP contribution in [0.2, 0.25) is 0 Å². The van der Waals surface area contributed by atoms with Gasteiger partial charge in [0.15, 0.2) is 0 Å². The Kier molecular flexibility index (Phi) is 2.96. The molecule has 0 saturated carbocycles. The average Bonchev–Trinajstić information content (AvgIpc) is 2.84. The highest BCUT2D eigenvalue weighted by Crippen LogP contribution is 2.44. The van der Waals surface area contributed by atoms with Crippen LogP contribution in [-0.2, 0) is 11.3 Å². The molecule has 2 N–H and O–H groups in total. The van der Waals surface area contributed by atoms with Crippen molar-refractivity contribution in [3.63, 3.8) is 0 Å². The molecule has 0 amide bonds. The van der Waals surface area contributed by atoms with E-state index >= 15 is 0 Å². The maximum absolute atomic E-state index is 6.31. The lowest BCUT2D eigenvalue weighted by molar-refractivity contribution is 0.474. The minimum Gasteiger partial charge on any atom is -0.320 e. The van der Waals surface area contributed by atoms with E-state index in [1.54, 1.807) is 11.3 Å². The summed E-state index contributed by atoms with van der Waals surface area (Å²) in [6.45, 7) is 4.18. The Bertz CT molecular complexity index is 587. The van der Waals surface area contributed by atoms with Crippen LogP contribution in [0, 0.1) is 0 Å². The normalized spacial score (nSPS) is 16.8. The number of fused-ring (bicyclic) bond motifs is 3. The molecule has 0 saturated heterocycles. The van der Waals surface area contributed by atoms with Crippen LogP contribution in [0.5, 0.6) is 0 Å². The van der Waals surface area contributed by atoms with Crippen LogP contribution in [0.3, 0.4) is 0 Å². The summed E-state index contributed by atoms with van der Waals surface area (Å²) in [7, 11) is 0. The molecule has 2 aromatic rings. The number of hydrogen-bond donors (Lipinski definition) is 1. The number of hydrogen-bond acceptors (Lipinski definition) is 4.